The van der Waals surface area contributed by atoms with Gasteiger partial charge >= 0.3 is 0 Å². The Morgan fingerprint density at radius 2 is 1.72 bits per heavy atom. The minimum Gasteiger partial charge on any atom is -0.343 e. The fraction of sp³-hybridized carbons (Fsp3) is 0.619. The number of rotatable bonds is 4. The Bertz CT molecular complexity index is 579. The van der Waals surface area contributed by atoms with Crippen LogP contribution >= 0.6 is 0 Å². The van der Waals surface area contributed by atoms with Gasteiger partial charge in [-0.25, -0.2) is 0 Å². The first-order chi connectivity index (χ1) is 12.1. The number of amides is 2. The van der Waals surface area contributed by atoms with Gasteiger partial charge in [0.25, 0.3) is 0 Å². The number of aryl methyl sites for hydroxylation is 1. The van der Waals surface area contributed by atoms with Gasteiger partial charge in [-0.2, -0.15) is 0 Å². The Morgan fingerprint density at radius 3 is 2.40 bits per heavy atom. The molecule has 2 amide bonds. The highest BCUT2D eigenvalue weighted by atomic mass is 16.2. The Hall–Kier alpha value is -1.84. The molecule has 1 atom stereocenters. The summed E-state index contributed by atoms with van der Waals surface area (Å²) in [4.78, 5) is 28.3. The van der Waals surface area contributed by atoms with E-state index in [-0.39, 0.29) is 11.8 Å². The first-order valence-corrected chi connectivity index (χ1v) is 9.71. The fourth-order valence-electron chi connectivity index (χ4n) is 4.22. The van der Waals surface area contributed by atoms with Crippen LogP contribution in [-0.2, 0) is 16.0 Å². The van der Waals surface area contributed by atoms with Crippen molar-refractivity contribution >= 4 is 11.8 Å². The first kappa shape index (κ1) is 18.0. The molecule has 0 aromatic heterocycles. The topological polar surface area (TPSA) is 40.6 Å². The molecule has 1 aromatic rings. The monoisotopic (exact) mass is 342 g/mol. The third kappa shape index (κ3) is 4.83. The van der Waals surface area contributed by atoms with Crippen LogP contribution in [0.4, 0.5) is 0 Å². The Balaban J connectivity index is 1.47. The van der Waals surface area contributed by atoms with Gasteiger partial charge in [0.2, 0.25) is 11.8 Å². The van der Waals surface area contributed by atoms with Crippen molar-refractivity contribution in [3.8, 4) is 0 Å². The lowest BCUT2D eigenvalue weighted by Crippen LogP contribution is -2.47. The summed E-state index contributed by atoms with van der Waals surface area (Å²) in [6, 6.07) is 10.6. The zero-order valence-electron chi connectivity index (χ0n) is 15.3. The van der Waals surface area contributed by atoms with Crippen molar-refractivity contribution in [2.45, 2.75) is 45.4 Å². The van der Waals surface area contributed by atoms with Gasteiger partial charge in [-0.05, 0) is 50.0 Å². The van der Waals surface area contributed by atoms with Crippen LogP contribution < -0.4 is 0 Å². The first-order valence-electron chi connectivity index (χ1n) is 9.71. The number of carbonyl (C=O) groups excluding carboxylic acids is 2. The summed E-state index contributed by atoms with van der Waals surface area (Å²) in [5.74, 6) is 1.19. The molecule has 2 aliphatic heterocycles. The van der Waals surface area contributed by atoms with Crippen LogP contribution in [0.25, 0.3) is 0 Å². The van der Waals surface area contributed by atoms with Crippen molar-refractivity contribution in [1.29, 1.82) is 0 Å². The molecule has 1 aromatic carbocycles. The van der Waals surface area contributed by atoms with E-state index < -0.39 is 0 Å². The molecule has 25 heavy (non-hydrogen) atoms. The number of carbonyl (C=O) groups is 2. The molecule has 1 unspecified atom stereocenters. The second-order valence-electron chi connectivity index (χ2n) is 7.60. The lowest BCUT2D eigenvalue weighted by molar-refractivity contribution is -0.141. The standard InChI is InChI=1S/C21H30N2O2/c1-17(24)22-14-11-20(12-15-22)21(25)23-13-5-8-19(16-23)10-9-18-6-3-2-4-7-18/h2-4,6-7,19-20H,5,8-16H2,1H3. The van der Waals surface area contributed by atoms with Gasteiger partial charge in [0.15, 0.2) is 0 Å². The van der Waals surface area contributed by atoms with E-state index in [2.05, 4.69) is 35.2 Å². The van der Waals surface area contributed by atoms with Gasteiger partial charge in [0.1, 0.15) is 0 Å². The molecule has 2 saturated heterocycles. The SMILES string of the molecule is CC(=O)N1CCC(C(=O)N2CCCC(CCc3ccccc3)C2)CC1. The van der Waals surface area contributed by atoms with Crippen LogP contribution in [0.2, 0.25) is 0 Å². The van der Waals surface area contributed by atoms with Crippen molar-refractivity contribution in [3.05, 3.63) is 35.9 Å². The Morgan fingerprint density at radius 1 is 1.00 bits per heavy atom. The number of nitrogens with zero attached hydrogens (tertiary/aromatic N) is 2. The summed E-state index contributed by atoms with van der Waals surface area (Å²) < 4.78 is 0. The Labute approximate surface area is 151 Å². The number of piperidine rings is 2. The van der Waals surface area contributed by atoms with Crippen LogP contribution in [0.1, 0.15) is 44.6 Å². The highest BCUT2D eigenvalue weighted by molar-refractivity contribution is 5.79. The van der Waals surface area contributed by atoms with Crippen LogP contribution in [0.15, 0.2) is 30.3 Å². The molecular weight excluding hydrogens is 312 g/mol. The van der Waals surface area contributed by atoms with Crippen molar-refractivity contribution in [3.63, 3.8) is 0 Å². The van der Waals surface area contributed by atoms with E-state index in [1.807, 2.05) is 4.90 Å². The van der Waals surface area contributed by atoms with Crippen LogP contribution in [0.5, 0.6) is 0 Å². The van der Waals surface area contributed by atoms with Gasteiger partial charge in [0, 0.05) is 39.0 Å². The maximum Gasteiger partial charge on any atom is 0.225 e. The zero-order chi connectivity index (χ0) is 17.6. The molecule has 136 valence electrons. The van der Waals surface area contributed by atoms with Crippen molar-refractivity contribution < 1.29 is 9.59 Å². The molecule has 0 saturated carbocycles. The Kier molecular flexibility index (Phi) is 6.11. The van der Waals surface area contributed by atoms with Crippen molar-refractivity contribution in [2.75, 3.05) is 26.2 Å². The van der Waals surface area contributed by atoms with E-state index in [4.69, 9.17) is 0 Å². The van der Waals surface area contributed by atoms with Crippen LogP contribution in [0.3, 0.4) is 0 Å². The quantitative estimate of drug-likeness (QED) is 0.843. The number of likely N-dealkylation sites (tertiary alicyclic amines) is 2. The third-order valence-electron chi connectivity index (χ3n) is 5.80. The van der Waals surface area contributed by atoms with Crippen molar-refractivity contribution in [1.82, 2.24) is 9.80 Å². The molecule has 2 heterocycles. The predicted molar refractivity (Wildman–Crippen MR) is 99.0 cm³/mol. The number of hydrogen-bond donors (Lipinski definition) is 0. The molecule has 4 heteroatoms. The summed E-state index contributed by atoms with van der Waals surface area (Å²) in [7, 11) is 0. The molecule has 4 nitrogen and oxygen atoms in total. The molecular formula is C21H30N2O2. The minimum atomic E-state index is 0.114. The maximum absolute atomic E-state index is 12.9. The molecule has 3 rings (SSSR count). The molecule has 2 aliphatic rings. The number of benzene rings is 1. The maximum atomic E-state index is 12.9. The van der Waals surface area contributed by atoms with E-state index in [9.17, 15) is 9.59 Å². The van der Waals surface area contributed by atoms with Gasteiger partial charge in [-0.1, -0.05) is 30.3 Å². The lowest BCUT2D eigenvalue weighted by Gasteiger charge is -2.37. The third-order valence-corrected chi connectivity index (χ3v) is 5.80. The lowest BCUT2D eigenvalue weighted by atomic mass is 9.89. The normalized spacial score (nSPS) is 22.0. The van der Waals surface area contributed by atoms with Gasteiger partial charge in [-0.3, -0.25) is 9.59 Å². The van der Waals surface area contributed by atoms with E-state index >= 15 is 0 Å². The summed E-state index contributed by atoms with van der Waals surface area (Å²) in [5, 5.41) is 0. The summed E-state index contributed by atoms with van der Waals surface area (Å²) in [5.41, 5.74) is 1.39. The average Bonchev–Trinajstić information content (AvgIpc) is 2.67. The molecule has 0 spiro atoms. The molecule has 2 fully saturated rings. The highest BCUT2D eigenvalue weighted by Crippen LogP contribution is 2.26. The molecule has 0 bridgehead atoms. The summed E-state index contributed by atoms with van der Waals surface area (Å²) >= 11 is 0. The van der Waals surface area contributed by atoms with E-state index in [0.717, 1.165) is 58.3 Å². The second kappa shape index (κ2) is 8.50. The molecule has 0 N–H and O–H groups in total. The fourth-order valence-corrected chi connectivity index (χ4v) is 4.22. The second-order valence-corrected chi connectivity index (χ2v) is 7.60. The zero-order valence-corrected chi connectivity index (χ0v) is 15.3. The van der Waals surface area contributed by atoms with E-state index in [1.54, 1.807) is 6.92 Å². The van der Waals surface area contributed by atoms with Crippen molar-refractivity contribution in [2.24, 2.45) is 11.8 Å². The van der Waals surface area contributed by atoms with Crippen LogP contribution in [-0.4, -0.2) is 47.8 Å². The average molecular weight is 342 g/mol. The summed E-state index contributed by atoms with van der Waals surface area (Å²) in [6.07, 6.45) is 6.27. The van der Waals surface area contributed by atoms with Crippen LogP contribution in [0, 0.1) is 11.8 Å². The highest BCUT2D eigenvalue weighted by Gasteiger charge is 2.31. The number of hydrogen-bond acceptors (Lipinski definition) is 2. The van der Waals surface area contributed by atoms with Gasteiger partial charge < -0.3 is 9.80 Å². The summed E-state index contributed by atoms with van der Waals surface area (Å²) in [6.45, 7) is 4.91. The smallest absolute Gasteiger partial charge is 0.225 e. The predicted octanol–water partition coefficient (Wildman–Crippen LogP) is 3.12. The molecule has 0 radical (unpaired) electrons. The van der Waals surface area contributed by atoms with E-state index in [0.29, 0.717) is 11.8 Å². The van der Waals surface area contributed by atoms with Gasteiger partial charge in [0.05, 0.1) is 0 Å². The van der Waals surface area contributed by atoms with Gasteiger partial charge in [-0.15, -0.1) is 0 Å². The van der Waals surface area contributed by atoms with E-state index in [1.165, 1.54) is 12.0 Å². The molecule has 0 aliphatic carbocycles. The largest absolute Gasteiger partial charge is 0.343 e. The minimum absolute atomic E-state index is 0.114.